The maximum Gasteiger partial charge on any atom is 0.320 e. The Kier molecular flexibility index (Phi) is 8.16. The third-order valence-corrected chi connectivity index (χ3v) is 12.0. The monoisotopic (exact) mass is 699 g/mol. The summed E-state index contributed by atoms with van der Waals surface area (Å²) in [6.45, 7) is 3.31. The van der Waals surface area contributed by atoms with Gasteiger partial charge in [-0.05, 0) is 76.1 Å². The fourth-order valence-corrected chi connectivity index (χ4v) is 9.13. The third-order valence-electron chi connectivity index (χ3n) is 12.0. The second kappa shape index (κ2) is 12.8. The lowest BCUT2D eigenvalue weighted by atomic mass is 9.93. The van der Waals surface area contributed by atoms with Crippen molar-refractivity contribution in [3.8, 4) is 35.9 Å². The van der Waals surface area contributed by atoms with Crippen molar-refractivity contribution in [1.82, 2.24) is 29.3 Å². The van der Waals surface area contributed by atoms with Crippen molar-refractivity contribution in [3.63, 3.8) is 0 Å². The van der Waals surface area contributed by atoms with Gasteiger partial charge in [0.15, 0.2) is 18.3 Å². The van der Waals surface area contributed by atoms with Crippen LogP contribution >= 0.6 is 0 Å². The van der Waals surface area contributed by atoms with Crippen LogP contribution in [0.2, 0.25) is 0 Å². The highest BCUT2D eigenvalue weighted by atomic mass is 19.1. The second-order valence-electron chi connectivity index (χ2n) is 14.9. The van der Waals surface area contributed by atoms with Crippen LogP contribution in [0.15, 0.2) is 24.3 Å². The van der Waals surface area contributed by atoms with Crippen LogP contribution in [-0.2, 0) is 4.74 Å². The van der Waals surface area contributed by atoms with E-state index in [2.05, 4.69) is 32.2 Å². The van der Waals surface area contributed by atoms with E-state index in [0.29, 0.717) is 65.6 Å². The van der Waals surface area contributed by atoms with Gasteiger partial charge in [0, 0.05) is 62.7 Å². The van der Waals surface area contributed by atoms with Gasteiger partial charge in [0.25, 0.3) is 0 Å². The van der Waals surface area contributed by atoms with Crippen LogP contribution in [0, 0.1) is 18.2 Å². The first kappa shape index (κ1) is 32.6. The van der Waals surface area contributed by atoms with Crippen molar-refractivity contribution in [1.29, 1.82) is 0 Å². The van der Waals surface area contributed by atoms with Crippen LogP contribution in [0.4, 0.5) is 14.6 Å². The van der Waals surface area contributed by atoms with Crippen molar-refractivity contribution >= 4 is 27.8 Å². The normalized spacial score (nSPS) is 26.5. The summed E-state index contributed by atoms with van der Waals surface area (Å²) in [5, 5.41) is 1.11. The minimum atomic E-state index is -0.857. The molecule has 51 heavy (non-hydrogen) atoms. The lowest BCUT2D eigenvalue weighted by Gasteiger charge is -2.40. The van der Waals surface area contributed by atoms with Crippen molar-refractivity contribution < 1.29 is 27.7 Å². The zero-order valence-electron chi connectivity index (χ0n) is 29.1. The second-order valence-corrected chi connectivity index (χ2v) is 14.9. The minimum Gasteiger partial charge on any atom is -0.467 e. The molecular weight excluding hydrogens is 656 g/mol. The number of imidazole rings is 1. The number of aromatic nitrogens is 4. The molecule has 4 saturated heterocycles. The van der Waals surface area contributed by atoms with E-state index in [4.69, 9.17) is 40.3 Å². The van der Waals surface area contributed by atoms with Crippen LogP contribution in [0.3, 0.4) is 0 Å². The summed E-state index contributed by atoms with van der Waals surface area (Å²) in [6, 6.07) is 7.96. The largest absolute Gasteiger partial charge is 0.467 e. The molecule has 4 aromatic rings. The molecule has 11 nitrogen and oxygen atoms in total. The van der Waals surface area contributed by atoms with E-state index in [0.717, 1.165) is 75.9 Å². The Hall–Kier alpha value is -4.25. The highest BCUT2D eigenvalue weighted by molar-refractivity contribution is 5.95. The fraction of sp³-hybridized carbons (Fsp3) is 0.553. The topological polar surface area (TPSA) is 90.2 Å². The highest BCUT2D eigenvalue weighted by Gasteiger charge is 2.49. The van der Waals surface area contributed by atoms with E-state index in [1.165, 1.54) is 6.07 Å². The predicted molar refractivity (Wildman–Crippen MR) is 188 cm³/mol. The number of piperazine rings is 1. The molecular formula is C38H43F2N7O4. The number of hydrogen-bond donors (Lipinski definition) is 0. The first-order chi connectivity index (χ1) is 24.8. The van der Waals surface area contributed by atoms with Crippen molar-refractivity contribution in [2.45, 2.75) is 81.2 Å². The predicted octanol–water partition coefficient (Wildman–Crippen LogP) is 5.84. The summed E-state index contributed by atoms with van der Waals surface area (Å²) in [4.78, 5) is 22.1. The number of ether oxygens (including phenoxy) is 4. The highest BCUT2D eigenvalue weighted by Crippen LogP contribution is 2.45. The Morgan fingerprint density at radius 3 is 2.57 bits per heavy atom. The van der Waals surface area contributed by atoms with Gasteiger partial charge in [0.05, 0.1) is 11.1 Å². The quantitative estimate of drug-likeness (QED) is 0.149. The smallest absolute Gasteiger partial charge is 0.320 e. The van der Waals surface area contributed by atoms with Gasteiger partial charge < -0.3 is 23.8 Å². The molecule has 4 aliphatic heterocycles. The number of fused-ring (bicyclic) bond motifs is 5. The molecule has 1 saturated carbocycles. The van der Waals surface area contributed by atoms with Crippen molar-refractivity contribution in [2.75, 3.05) is 58.6 Å². The fourth-order valence-electron chi connectivity index (χ4n) is 9.13. The Morgan fingerprint density at radius 1 is 1.00 bits per heavy atom. The molecule has 0 radical (unpaired) electrons. The Labute approximate surface area is 295 Å². The third kappa shape index (κ3) is 5.54. The zero-order valence-corrected chi connectivity index (χ0v) is 29.1. The van der Waals surface area contributed by atoms with E-state index in [1.807, 2.05) is 0 Å². The van der Waals surface area contributed by atoms with Gasteiger partial charge in [-0.3, -0.25) is 14.4 Å². The van der Waals surface area contributed by atoms with E-state index < -0.39 is 12.0 Å². The molecule has 2 bridgehead atoms. The SMILES string of the molecule is C#Cc1c(F)ccc2cc(OCOC)cc(Oc3nc4nc(OC[C@@]56CCCN5C[C@H](F)C6)nc(N5CC6CCC(C5)N6C)c4n3C3CCC3)c12. The van der Waals surface area contributed by atoms with Crippen LogP contribution in [0.5, 0.6) is 23.5 Å². The molecule has 2 unspecified atom stereocenters. The number of nitrogens with zero attached hydrogens (tertiary/aromatic N) is 7. The van der Waals surface area contributed by atoms with E-state index >= 15 is 4.39 Å². The summed E-state index contributed by atoms with van der Waals surface area (Å²) in [6.07, 6.45) is 12.6. The lowest BCUT2D eigenvalue weighted by Crippen LogP contribution is -2.52. The molecule has 13 heteroatoms. The van der Waals surface area contributed by atoms with Gasteiger partial charge in [-0.15, -0.1) is 6.42 Å². The molecule has 1 aliphatic carbocycles. The molecule has 4 atom stereocenters. The molecule has 0 amide bonds. The van der Waals surface area contributed by atoms with Crippen molar-refractivity contribution in [3.05, 3.63) is 35.6 Å². The van der Waals surface area contributed by atoms with Gasteiger partial charge in [-0.1, -0.05) is 12.0 Å². The van der Waals surface area contributed by atoms with E-state index in [1.54, 1.807) is 25.3 Å². The maximum atomic E-state index is 15.1. The molecule has 0 N–H and O–H groups in total. The zero-order chi connectivity index (χ0) is 34.9. The molecule has 5 fully saturated rings. The Morgan fingerprint density at radius 2 is 1.82 bits per heavy atom. The number of likely N-dealkylation sites (N-methyl/N-ethyl adjacent to an activating group) is 1. The number of terminal acetylenes is 1. The van der Waals surface area contributed by atoms with Crippen LogP contribution in [0.25, 0.3) is 21.9 Å². The molecule has 9 rings (SSSR count). The number of anilines is 1. The molecule has 2 aromatic carbocycles. The van der Waals surface area contributed by atoms with Gasteiger partial charge in [-0.25, -0.2) is 8.78 Å². The van der Waals surface area contributed by atoms with Crippen LogP contribution in [0.1, 0.15) is 63.0 Å². The van der Waals surface area contributed by atoms with Gasteiger partial charge in [-0.2, -0.15) is 15.0 Å². The van der Waals surface area contributed by atoms with E-state index in [9.17, 15) is 4.39 Å². The van der Waals surface area contributed by atoms with Crippen molar-refractivity contribution in [2.24, 2.45) is 0 Å². The van der Waals surface area contributed by atoms with Crippen LogP contribution < -0.4 is 19.1 Å². The molecule has 6 heterocycles. The number of hydrogen-bond acceptors (Lipinski definition) is 10. The lowest BCUT2D eigenvalue weighted by molar-refractivity contribution is 0.0511. The maximum absolute atomic E-state index is 15.1. The summed E-state index contributed by atoms with van der Waals surface area (Å²) in [5.74, 6) is 3.56. The first-order valence-electron chi connectivity index (χ1n) is 18.2. The number of benzene rings is 2. The molecule has 5 aliphatic rings. The van der Waals surface area contributed by atoms with E-state index in [-0.39, 0.29) is 29.9 Å². The average molecular weight is 700 g/mol. The number of alkyl halides is 1. The number of rotatable bonds is 10. The van der Waals surface area contributed by atoms with Gasteiger partial charge in [0.2, 0.25) is 0 Å². The summed E-state index contributed by atoms with van der Waals surface area (Å²) in [7, 11) is 3.76. The Bertz CT molecular complexity index is 2020. The summed E-state index contributed by atoms with van der Waals surface area (Å²) in [5.41, 5.74) is 0.999. The summed E-state index contributed by atoms with van der Waals surface area (Å²) < 4.78 is 56.0. The standard InChI is InChI=1S/C38H43F2N7O4/c1-4-29-30(40)12-9-23-15-28(50-22-48-3)16-31(32(23)29)51-37-42-34-33(47(37)25-7-5-8-25)35(45-19-26-10-11-27(20-45)44(26)2)43-36(41-34)49-21-38-13-6-14-46(38)18-24(39)17-38/h1,9,12,15-16,24-27H,5-8,10-11,13-14,17-22H2,2-3H3/t24-,26?,27?,38+/m1/s1. The first-order valence-corrected chi connectivity index (χ1v) is 18.2. The number of halogens is 2. The van der Waals surface area contributed by atoms with Gasteiger partial charge >= 0.3 is 12.0 Å². The minimum absolute atomic E-state index is 0.0223. The van der Waals surface area contributed by atoms with Crippen LogP contribution in [-0.4, -0.2) is 107 Å². The molecule has 2 aromatic heterocycles. The average Bonchev–Trinajstić information content (AvgIpc) is 3.78. The summed E-state index contributed by atoms with van der Waals surface area (Å²) >= 11 is 0. The number of methoxy groups -OCH3 is 1. The molecule has 0 spiro atoms. The Balaban J connectivity index is 1.17. The molecule has 268 valence electrons. The van der Waals surface area contributed by atoms with Gasteiger partial charge in [0.1, 0.15) is 35.6 Å².